The maximum atomic E-state index is 13.0. The van der Waals surface area contributed by atoms with Crippen LogP contribution in [0.5, 0.6) is 0 Å². The largest absolute Gasteiger partial charge is 0.481 e. The highest BCUT2D eigenvalue weighted by Crippen LogP contribution is 2.30. The van der Waals surface area contributed by atoms with Gasteiger partial charge in [-0.15, -0.1) is 11.8 Å². The lowest BCUT2D eigenvalue weighted by molar-refractivity contribution is -0.133. The molecule has 0 aromatic carbocycles. The summed E-state index contributed by atoms with van der Waals surface area (Å²) < 4.78 is 11.7. The molecule has 1 fully saturated rings. The van der Waals surface area contributed by atoms with Crippen molar-refractivity contribution in [3.8, 4) is 0 Å². The summed E-state index contributed by atoms with van der Waals surface area (Å²) in [5.74, 6) is -0.389. The normalized spacial score (nSPS) is 19.1. The molecule has 0 unspecified atom stereocenters. The third kappa shape index (κ3) is 8.79. The summed E-state index contributed by atoms with van der Waals surface area (Å²) in [7, 11) is 1.67. The molecule has 2 rings (SSSR count). The van der Waals surface area contributed by atoms with Gasteiger partial charge in [0.15, 0.2) is 5.13 Å². The quantitative estimate of drug-likeness (QED) is 0.357. The fourth-order valence-corrected chi connectivity index (χ4v) is 4.93. The van der Waals surface area contributed by atoms with Crippen LogP contribution in [0.1, 0.15) is 46.0 Å². The number of thioether (sulfide) groups is 1. The highest BCUT2D eigenvalue weighted by molar-refractivity contribution is 8.01. The van der Waals surface area contributed by atoms with E-state index >= 15 is 0 Å². The van der Waals surface area contributed by atoms with Crippen molar-refractivity contribution >= 4 is 40.2 Å². The van der Waals surface area contributed by atoms with E-state index in [-0.39, 0.29) is 23.9 Å². The van der Waals surface area contributed by atoms with Gasteiger partial charge in [-0.05, 0) is 38.0 Å². The molecule has 1 heterocycles. The van der Waals surface area contributed by atoms with Crippen LogP contribution in [0.25, 0.3) is 0 Å². The molecule has 10 heteroatoms. The molecular weight excluding hydrogens is 426 g/mol. The van der Waals surface area contributed by atoms with E-state index in [1.165, 1.54) is 23.1 Å². The van der Waals surface area contributed by atoms with Crippen molar-refractivity contribution in [2.75, 3.05) is 37.9 Å². The number of hydrogen-bond donors (Lipinski definition) is 2. The Bertz CT molecular complexity index is 663. The zero-order valence-corrected chi connectivity index (χ0v) is 19.6. The molecule has 0 saturated heterocycles. The molecule has 170 valence electrons. The van der Waals surface area contributed by atoms with Crippen LogP contribution in [0.15, 0.2) is 10.4 Å². The first-order valence-electron chi connectivity index (χ1n) is 10.4. The van der Waals surface area contributed by atoms with Gasteiger partial charge >= 0.3 is 12.0 Å². The maximum Gasteiger partial charge on any atom is 0.323 e. The number of carbonyl (C=O) groups excluding carboxylic acids is 1. The Morgan fingerprint density at radius 3 is 2.70 bits per heavy atom. The number of anilines is 1. The summed E-state index contributed by atoms with van der Waals surface area (Å²) in [5, 5.41) is 12.2. The van der Waals surface area contributed by atoms with Crippen LogP contribution in [-0.2, 0) is 14.3 Å². The second-order valence-corrected chi connectivity index (χ2v) is 10.1. The molecule has 0 spiro atoms. The van der Waals surface area contributed by atoms with Gasteiger partial charge in [-0.2, -0.15) is 0 Å². The number of aliphatic carboxylic acids is 1. The Hall–Kier alpha value is -1.36. The first-order valence-corrected chi connectivity index (χ1v) is 12.2. The number of rotatable bonds is 12. The molecule has 1 saturated carbocycles. The lowest BCUT2D eigenvalue weighted by atomic mass is 9.91. The fraction of sp³-hybridized carbons (Fsp3) is 0.750. The van der Waals surface area contributed by atoms with Crippen LogP contribution in [0.4, 0.5) is 9.93 Å². The number of amides is 2. The van der Waals surface area contributed by atoms with E-state index < -0.39 is 5.97 Å². The smallest absolute Gasteiger partial charge is 0.323 e. The van der Waals surface area contributed by atoms with Gasteiger partial charge < -0.3 is 19.5 Å². The summed E-state index contributed by atoms with van der Waals surface area (Å²) in [6, 6.07) is 0.0513. The molecule has 1 aromatic rings. The summed E-state index contributed by atoms with van der Waals surface area (Å²) in [5.41, 5.74) is 0. The second-order valence-electron chi connectivity index (χ2n) is 7.77. The van der Waals surface area contributed by atoms with E-state index in [4.69, 9.17) is 14.6 Å². The van der Waals surface area contributed by atoms with Crippen LogP contribution in [-0.4, -0.2) is 71.8 Å². The van der Waals surface area contributed by atoms with Crippen LogP contribution < -0.4 is 5.32 Å². The number of nitrogens with zero attached hydrogens (tertiary/aromatic N) is 2. The molecule has 0 bridgehead atoms. The Morgan fingerprint density at radius 1 is 1.33 bits per heavy atom. The van der Waals surface area contributed by atoms with E-state index in [1.807, 2.05) is 4.90 Å². The van der Waals surface area contributed by atoms with Crippen molar-refractivity contribution in [2.45, 2.75) is 62.3 Å². The van der Waals surface area contributed by atoms with E-state index in [2.05, 4.69) is 24.1 Å². The predicted molar refractivity (Wildman–Crippen MR) is 120 cm³/mol. The van der Waals surface area contributed by atoms with E-state index in [9.17, 15) is 9.59 Å². The molecule has 0 radical (unpaired) electrons. The van der Waals surface area contributed by atoms with Crippen molar-refractivity contribution in [1.82, 2.24) is 9.88 Å². The number of nitrogens with one attached hydrogen (secondary N) is 1. The molecule has 2 N–H and O–H groups in total. The number of aromatic nitrogens is 1. The molecule has 0 aliphatic heterocycles. The van der Waals surface area contributed by atoms with Gasteiger partial charge in [0, 0.05) is 19.7 Å². The van der Waals surface area contributed by atoms with Crippen LogP contribution in [0.2, 0.25) is 0 Å². The van der Waals surface area contributed by atoms with Gasteiger partial charge in [-0.3, -0.25) is 10.1 Å². The number of hydrogen-bond acceptors (Lipinski definition) is 7. The summed E-state index contributed by atoms with van der Waals surface area (Å²) >= 11 is 2.51. The number of ether oxygens (including phenoxy) is 2. The fourth-order valence-electron chi connectivity index (χ4n) is 3.35. The second kappa shape index (κ2) is 13.1. The van der Waals surface area contributed by atoms with Crippen molar-refractivity contribution in [3.05, 3.63) is 6.20 Å². The Morgan fingerprint density at radius 2 is 2.07 bits per heavy atom. The van der Waals surface area contributed by atoms with Gasteiger partial charge in [-0.25, -0.2) is 9.78 Å². The topological polar surface area (TPSA) is 101 Å². The van der Waals surface area contributed by atoms with Gasteiger partial charge in [0.1, 0.15) is 0 Å². The molecule has 8 nitrogen and oxygen atoms in total. The van der Waals surface area contributed by atoms with E-state index in [1.54, 1.807) is 13.3 Å². The number of carbonyl (C=O) groups is 2. The van der Waals surface area contributed by atoms with Crippen LogP contribution in [0.3, 0.4) is 0 Å². The molecule has 30 heavy (non-hydrogen) atoms. The minimum atomic E-state index is -0.874. The Kier molecular flexibility index (Phi) is 10.9. The number of carboxylic acid groups (broad SMARTS) is 1. The molecule has 2 amide bonds. The number of carboxylic acids is 1. The maximum absolute atomic E-state index is 13.0. The first kappa shape index (κ1) is 24.9. The monoisotopic (exact) mass is 459 g/mol. The average molecular weight is 460 g/mol. The molecule has 1 aliphatic rings. The number of thiazole rings is 1. The van der Waals surface area contributed by atoms with Crippen molar-refractivity contribution in [3.63, 3.8) is 0 Å². The SMILES string of the molecule is COCCO[C@H]1CC[C@H](N(CCC(C)C)C(=O)Nc2ncc(SCC(=O)O)s2)CC1. The van der Waals surface area contributed by atoms with Crippen LogP contribution >= 0.6 is 23.1 Å². The van der Waals surface area contributed by atoms with E-state index in [0.717, 1.165) is 36.3 Å². The van der Waals surface area contributed by atoms with Crippen molar-refractivity contribution in [2.24, 2.45) is 5.92 Å². The lowest BCUT2D eigenvalue weighted by Gasteiger charge is -2.37. The van der Waals surface area contributed by atoms with Crippen molar-refractivity contribution < 1.29 is 24.2 Å². The molecule has 0 atom stereocenters. The molecule has 1 aliphatic carbocycles. The highest BCUT2D eigenvalue weighted by Gasteiger charge is 2.29. The molecular formula is C20H33N3O5S2. The zero-order chi connectivity index (χ0) is 21.9. The third-order valence-corrected chi connectivity index (χ3v) is 7.06. The first-order chi connectivity index (χ1) is 14.4. The van der Waals surface area contributed by atoms with E-state index in [0.29, 0.717) is 30.8 Å². The standard InChI is InChI=1S/C20H33N3O5S2/c1-14(2)8-9-23(15-4-6-16(7-5-15)28-11-10-27-3)20(26)22-19-21-12-18(30-19)29-13-17(24)25/h12,14-16H,4-11,13H2,1-3H3,(H,24,25)(H,21,22,26)/t15-,16-. The highest BCUT2D eigenvalue weighted by atomic mass is 32.2. The lowest BCUT2D eigenvalue weighted by Crippen LogP contribution is -2.46. The minimum Gasteiger partial charge on any atom is -0.481 e. The average Bonchev–Trinajstić information content (AvgIpc) is 3.15. The predicted octanol–water partition coefficient (Wildman–Crippen LogP) is 4.17. The van der Waals surface area contributed by atoms with Crippen LogP contribution in [0, 0.1) is 5.92 Å². The third-order valence-electron chi connectivity index (χ3n) is 4.97. The summed E-state index contributed by atoms with van der Waals surface area (Å²) in [6.07, 6.45) is 6.49. The van der Waals surface area contributed by atoms with Gasteiger partial charge in [0.25, 0.3) is 0 Å². The number of urea groups is 1. The van der Waals surface area contributed by atoms with Gasteiger partial charge in [0.05, 0.1) is 35.5 Å². The summed E-state index contributed by atoms with van der Waals surface area (Å²) in [6.45, 7) is 6.22. The Balaban J connectivity index is 1.92. The van der Waals surface area contributed by atoms with Gasteiger partial charge in [-0.1, -0.05) is 25.2 Å². The van der Waals surface area contributed by atoms with Crippen molar-refractivity contribution in [1.29, 1.82) is 0 Å². The zero-order valence-electron chi connectivity index (χ0n) is 18.0. The Labute approximate surface area is 186 Å². The summed E-state index contributed by atoms with van der Waals surface area (Å²) in [4.78, 5) is 29.9. The minimum absolute atomic E-state index is 0.0220. The molecule has 1 aromatic heterocycles. The van der Waals surface area contributed by atoms with Gasteiger partial charge in [0.2, 0.25) is 0 Å². The number of methoxy groups -OCH3 is 1.